The molecular formula is C2H5I3Zr. The van der Waals surface area contributed by atoms with E-state index in [4.69, 9.17) is 0 Å². The van der Waals surface area contributed by atoms with Gasteiger partial charge in [0, 0.05) is 0 Å². The molecule has 0 rings (SSSR count). The molecule has 0 heterocycles. The summed E-state index contributed by atoms with van der Waals surface area (Å²) in [5.74, 6) is 0. The predicted octanol–water partition coefficient (Wildman–Crippen LogP) is 3.63. The van der Waals surface area contributed by atoms with Crippen LogP contribution < -0.4 is 0 Å². The van der Waals surface area contributed by atoms with Crippen molar-refractivity contribution in [1.29, 1.82) is 0 Å². The Bertz CT molecular complexity index is 38.5. The van der Waals surface area contributed by atoms with E-state index in [9.17, 15) is 0 Å². The molecule has 0 saturated carbocycles. The summed E-state index contributed by atoms with van der Waals surface area (Å²) in [5, 5.41) is 0. The summed E-state index contributed by atoms with van der Waals surface area (Å²) in [5.41, 5.74) is 0. The Kier molecular flexibility index (Phi) is 6.02. The molecule has 0 aliphatic carbocycles. The molecule has 0 aliphatic rings. The van der Waals surface area contributed by atoms with Crippen LogP contribution in [0.15, 0.2) is 0 Å². The van der Waals surface area contributed by atoms with Gasteiger partial charge >= 0.3 is 72.9 Å². The summed E-state index contributed by atoms with van der Waals surface area (Å²) in [4.78, 5) is 0. The van der Waals surface area contributed by atoms with Crippen LogP contribution in [0.3, 0.4) is 0 Å². The van der Waals surface area contributed by atoms with Crippen LogP contribution in [0.25, 0.3) is 0 Å². The van der Waals surface area contributed by atoms with E-state index in [2.05, 4.69) is 61.1 Å². The van der Waals surface area contributed by atoms with E-state index in [0.29, 0.717) is 0 Å². The van der Waals surface area contributed by atoms with Crippen LogP contribution in [0.2, 0.25) is 4.13 Å². The van der Waals surface area contributed by atoms with Crippen molar-refractivity contribution in [3.8, 4) is 0 Å². The zero-order valence-corrected chi connectivity index (χ0v) is 12.3. The molecule has 0 aliphatic heterocycles. The van der Waals surface area contributed by atoms with Crippen molar-refractivity contribution in [1.82, 2.24) is 0 Å². The maximum atomic E-state index is 2.62. The molecule has 0 fully saturated rings. The van der Waals surface area contributed by atoms with E-state index in [1.54, 1.807) is 0 Å². The number of rotatable bonds is 1. The van der Waals surface area contributed by atoms with Crippen LogP contribution in [0.5, 0.6) is 0 Å². The van der Waals surface area contributed by atoms with Gasteiger partial charge in [-0.25, -0.2) is 0 Å². The van der Waals surface area contributed by atoms with Gasteiger partial charge in [-0.15, -0.1) is 0 Å². The minimum absolute atomic E-state index is 1.32. The maximum absolute atomic E-state index is 2.62. The van der Waals surface area contributed by atoms with Crippen molar-refractivity contribution in [2.45, 2.75) is 11.1 Å². The van der Waals surface area contributed by atoms with Gasteiger partial charge in [-0.3, -0.25) is 0 Å². The topological polar surface area (TPSA) is 0 Å². The molecule has 38 valence electrons. The molecule has 4 heteroatoms. The van der Waals surface area contributed by atoms with Crippen LogP contribution in [-0.4, -0.2) is 0 Å². The Morgan fingerprint density at radius 3 is 1.50 bits per heavy atom. The predicted molar refractivity (Wildman–Crippen MR) is 52.5 cm³/mol. The van der Waals surface area contributed by atoms with E-state index < -0.39 is 7.70 Å². The fraction of sp³-hybridized carbons (Fsp3) is 1.00. The first-order valence-corrected chi connectivity index (χ1v) is 25.3. The molecule has 0 unspecified atom stereocenters. The summed E-state index contributed by atoms with van der Waals surface area (Å²) in [6.07, 6.45) is 0. The van der Waals surface area contributed by atoms with Crippen LogP contribution in [0.4, 0.5) is 0 Å². The summed E-state index contributed by atoms with van der Waals surface area (Å²) >= 11 is 7.87. The van der Waals surface area contributed by atoms with Crippen molar-refractivity contribution in [2.24, 2.45) is 0 Å². The Morgan fingerprint density at radius 1 is 1.33 bits per heavy atom. The molecular weight excluding hydrogens is 496 g/mol. The second-order valence-electron chi connectivity index (χ2n) is 0.969. The van der Waals surface area contributed by atoms with E-state index in [-0.39, 0.29) is 0 Å². The van der Waals surface area contributed by atoms with E-state index in [1.165, 1.54) is 4.13 Å². The van der Waals surface area contributed by atoms with Gasteiger partial charge in [0.2, 0.25) is 0 Å². The van der Waals surface area contributed by atoms with Gasteiger partial charge in [-0.1, -0.05) is 0 Å². The molecule has 0 nitrogen and oxygen atoms in total. The average molecular weight is 501 g/mol. The Labute approximate surface area is 70.7 Å². The van der Waals surface area contributed by atoms with Gasteiger partial charge in [-0.05, 0) is 0 Å². The van der Waals surface area contributed by atoms with E-state index in [0.717, 1.165) is 0 Å². The van der Waals surface area contributed by atoms with Crippen molar-refractivity contribution in [3.63, 3.8) is 0 Å². The van der Waals surface area contributed by atoms with Gasteiger partial charge in [0.25, 0.3) is 0 Å². The first-order valence-electron chi connectivity index (χ1n) is 1.63. The van der Waals surface area contributed by atoms with Crippen molar-refractivity contribution in [3.05, 3.63) is 0 Å². The molecule has 0 atom stereocenters. The molecule has 0 aromatic carbocycles. The minimum atomic E-state index is -1.32. The second-order valence-corrected chi connectivity index (χ2v) is 75.0. The third kappa shape index (κ3) is 7.07. The van der Waals surface area contributed by atoms with Gasteiger partial charge in [0.05, 0.1) is 0 Å². The molecule has 6 heavy (non-hydrogen) atoms. The third-order valence-electron chi connectivity index (χ3n) is 0.401. The first-order chi connectivity index (χ1) is 2.56. The second kappa shape index (κ2) is 3.98. The molecule has 0 N–H and O–H groups in total. The van der Waals surface area contributed by atoms with Crippen LogP contribution in [0.1, 0.15) is 6.92 Å². The molecule has 0 spiro atoms. The summed E-state index contributed by atoms with van der Waals surface area (Å²) in [6, 6.07) is 0. The third-order valence-corrected chi connectivity index (χ3v) is 15.9. The summed E-state index contributed by atoms with van der Waals surface area (Å²) in [6.45, 7) is 2.28. The molecule has 0 aromatic rings. The van der Waals surface area contributed by atoms with Gasteiger partial charge in [-0.2, -0.15) is 0 Å². The van der Waals surface area contributed by atoms with E-state index >= 15 is 0 Å². The van der Waals surface area contributed by atoms with Crippen molar-refractivity contribution < 1.29 is 7.70 Å². The zero-order valence-electron chi connectivity index (χ0n) is 3.34. The zero-order chi connectivity index (χ0) is 5.21. The van der Waals surface area contributed by atoms with Crippen molar-refractivity contribution >= 4 is 54.1 Å². The fourth-order valence-electron chi connectivity index (χ4n) is 0. The van der Waals surface area contributed by atoms with Gasteiger partial charge in [0.15, 0.2) is 0 Å². The number of hydrogen-bond acceptors (Lipinski definition) is 0. The van der Waals surface area contributed by atoms with E-state index in [1.807, 2.05) is 0 Å². The quantitative estimate of drug-likeness (QED) is 0.482. The Balaban J connectivity index is 3.17. The van der Waals surface area contributed by atoms with Crippen molar-refractivity contribution in [2.75, 3.05) is 0 Å². The van der Waals surface area contributed by atoms with Gasteiger partial charge < -0.3 is 0 Å². The fourth-order valence-corrected chi connectivity index (χ4v) is 0. The monoisotopic (exact) mass is 500 g/mol. The Morgan fingerprint density at radius 2 is 1.50 bits per heavy atom. The van der Waals surface area contributed by atoms with Crippen LogP contribution in [-0.2, 0) is 7.70 Å². The molecule has 0 saturated heterocycles. The summed E-state index contributed by atoms with van der Waals surface area (Å²) < 4.78 is 1.44. The number of halogens is 3. The SMILES string of the molecule is C[CH2][Zr]([I])([I])[I]. The molecule has 0 bridgehead atoms. The normalized spacial score (nSPS) is 12.0. The standard InChI is InChI=1S/C2H5.3HI.Zr/c1-2;;;;/h1H2,2H3;3*1H;/q;;;;+3/p-3. The Hall–Kier alpha value is 3.07. The van der Waals surface area contributed by atoms with Gasteiger partial charge in [0.1, 0.15) is 0 Å². The number of hydrogen-bond donors (Lipinski definition) is 0. The van der Waals surface area contributed by atoms with Crippen LogP contribution >= 0.6 is 54.1 Å². The summed E-state index contributed by atoms with van der Waals surface area (Å²) in [7, 11) is -1.32. The molecule has 0 aromatic heterocycles. The molecule has 0 radical (unpaired) electrons. The average Bonchev–Trinajstić information content (AvgIpc) is 1.35. The first kappa shape index (κ1) is 9.07. The van der Waals surface area contributed by atoms with Crippen LogP contribution in [0, 0.1) is 0 Å². The molecule has 0 amide bonds.